The lowest BCUT2D eigenvalue weighted by atomic mass is 10.1. The molecule has 1 aromatic rings. The topological polar surface area (TPSA) is 55.1 Å². The van der Waals surface area contributed by atoms with Gasteiger partial charge in [-0.2, -0.15) is 0 Å². The number of carbonyl (C=O) groups is 1. The smallest absolute Gasteiger partial charge is 0.251 e. The third-order valence-corrected chi connectivity index (χ3v) is 3.45. The molecule has 0 saturated heterocycles. The first kappa shape index (κ1) is 14.6. The van der Waals surface area contributed by atoms with Gasteiger partial charge in [-0.05, 0) is 49.4 Å². The predicted molar refractivity (Wildman–Crippen MR) is 81.4 cm³/mol. The largest absolute Gasteiger partial charge is 0.352 e. The summed E-state index contributed by atoms with van der Waals surface area (Å²) in [7, 11) is 0. The van der Waals surface area contributed by atoms with E-state index in [1.165, 1.54) is 19.3 Å². The molecule has 0 atom stereocenters. The maximum atomic E-state index is 12.1. The van der Waals surface area contributed by atoms with Crippen LogP contribution >= 0.6 is 0 Å². The molecule has 0 heterocycles. The minimum absolute atomic E-state index is 0.0136. The summed E-state index contributed by atoms with van der Waals surface area (Å²) in [6.45, 7) is 3.06. The molecule has 2 rings (SSSR count). The third kappa shape index (κ3) is 4.71. The van der Waals surface area contributed by atoms with Crippen LogP contribution in [-0.2, 0) is 0 Å². The summed E-state index contributed by atoms with van der Waals surface area (Å²) < 4.78 is 0. The maximum absolute atomic E-state index is 12.1. The van der Waals surface area contributed by atoms with E-state index in [4.69, 9.17) is 5.73 Å². The normalized spacial score (nSPS) is 13.5. The molecule has 0 bridgehead atoms. The second-order valence-electron chi connectivity index (χ2n) is 5.44. The molecule has 106 valence electrons. The van der Waals surface area contributed by atoms with Gasteiger partial charge in [0.15, 0.2) is 0 Å². The van der Waals surface area contributed by atoms with E-state index >= 15 is 0 Å². The molecule has 1 saturated carbocycles. The van der Waals surface area contributed by atoms with E-state index in [1.54, 1.807) is 0 Å². The molecule has 0 radical (unpaired) electrons. The quantitative estimate of drug-likeness (QED) is 0.637. The Bertz CT molecular complexity index is 536. The summed E-state index contributed by atoms with van der Waals surface area (Å²) in [5, 5.41) is 2.98. The van der Waals surface area contributed by atoms with Crippen molar-refractivity contribution in [2.24, 2.45) is 11.7 Å². The van der Waals surface area contributed by atoms with Crippen molar-refractivity contribution in [2.45, 2.75) is 32.6 Å². The summed E-state index contributed by atoms with van der Waals surface area (Å²) >= 11 is 0. The van der Waals surface area contributed by atoms with Gasteiger partial charge >= 0.3 is 0 Å². The lowest BCUT2D eigenvalue weighted by Crippen LogP contribution is -2.24. The van der Waals surface area contributed by atoms with Crippen molar-refractivity contribution < 1.29 is 4.79 Å². The summed E-state index contributed by atoms with van der Waals surface area (Å²) in [6.07, 6.45) is 5.05. The molecule has 1 aliphatic carbocycles. The molecule has 1 aromatic carbocycles. The summed E-state index contributed by atoms with van der Waals surface area (Å²) in [5.41, 5.74) is 7.93. The minimum atomic E-state index is -0.0136. The van der Waals surface area contributed by atoms with Crippen molar-refractivity contribution in [1.82, 2.24) is 5.32 Å². The number of amides is 1. The van der Waals surface area contributed by atoms with Gasteiger partial charge in [0.25, 0.3) is 5.91 Å². The molecule has 0 unspecified atom stereocenters. The van der Waals surface area contributed by atoms with Gasteiger partial charge in [-0.15, -0.1) is 0 Å². The van der Waals surface area contributed by atoms with Gasteiger partial charge in [-0.25, -0.2) is 0 Å². The number of hydrogen-bond donors (Lipinski definition) is 2. The van der Waals surface area contributed by atoms with Crippen LogP contribution in [-0.4, -0.2) is 19.0 Å². The van der Waals surface area contributed by atoms with Crippen LogP contribution in [0.3, 0.4) is 0 Å². The Kier molecular flexibility index (Phi) is 5.20. The van der Waals surface area contributed by atoms with Crippen LogP contribution in [0.15, 0.2) is 18.2 Å². The Morgan fingerprint density at radius 1 is 1.40 bits per heavy atom. The van der Waals surface area contributed by atoms with E-state index in [9.17, 15) is 4.79 Å². The van der Waals surface area contributed by atoms with Crippen LogP contribution in [0.25, 0.3) is 0 Å². The summed E-state index contributed by atoms with van der Waals surface area (Å²) in [5.74, 6) is 6.70. The van der Waals surface area contributed by atoms with Crippen molar-refractivity contribution in [3.63, 3.8) is 0 Å². The standard InChI is InChI=1S/C17H22N2O/c1-13-10-15(4-2-8-18)12-16(11-13)17(20)19-9-3-5-14-6-7-14/h10-12,14H,3,5-9,18H2,1H3,(H,19,20). The SMILES string of the molecule is Cc1cc(C#CCN)cc(C(=O)NCCCC2CC2)c1. The highest BCUT2D eigenvalue weighted by Gasteiger charge is 2.20. The molecule has 0 spiro atoms. The second-order valence-corrected chi connectivity index (χ2v) is 5.44. The Labute approximate surface area is 120 Å². The fourth-order valence-electron chi connectivity index (χ4n) is 2.24. The molecule has 3 heteroatoms. The van der Waals surface area contributed by atoms with E-state index < -0.39 is 0 Å². The highest BCUT2D eigenvalue weighted by molar-refractivity contribution is 5.94. The highest BCUT2D eigenvalue weighted by Crippen LogP contribution is 2.33. The second kappa shape index (κ2) is 7.12. The molecule has 3 nitrogen and oxygen atoms in total. The number of nitrogens with two attached hydrogens (primary N) is 1. The zero-order chi connectivity index (χ0) is 14.4. The number of nitrogens with one attached hydrogen (secondary N) is 1. The molecular weight excluding hydrogens is 248 g/mol. The average Bonchev–Trinajstić information content (AvgIpc) is 3.24. The Balaban J connectivity index is 1.91. The van der Waals surface area contributed by atoms with Crippen molar-refractivity contribution in [3.8, 4) is 11.8 Å². The van der Waals surface area contributed by atoms with Crippen LogP contribution in [0.2, 0.25) is 0 Å². The Morgan fingerprint density at radius 2 is 2.20 bits per heavy atom. The molecule has 0 aliphatic heterocycles. The van der Waals surface area contributed by atoms with Gasteiger partial charge in [0, 0.05) is 17.7 Å². The van der Waals surface area contributed by atoms with Crippen LogP contribution in [0, 0.1) is 24.7 Å². The maximum Gasteiger partial charge on any atom is 0.251 e. The van der Waals surface area contributed by atoms with Crippen molar-refractivity contribution >= 4 is 5.91 Å². The fraction of sp³-hybridized carbons (Fsp3) is 0.471. The van der Waals surface area contributed by atoms with E-state index in [2.05, 4.69) is 17.2 Å². The van der Waals surface area contributed by atoms with Crippen LogP contribution in [0.1, 0.15) is 47.2 Å². The van der Waals surface area contributed by atoms with Gasteiger partial charge in [-0.3, -0.25) is 4.79 Å². The molecule has 1 amide bonds. The third-order valence-electron chi connectivity index (χ3n) is 3.45. The van der Waals surface area contributed by atoms with E-state index in [1.807, 2.05) is 25.1 Å². The van der Waals surface area contributed by atoms with Crippen LogP contribution < -0.4 is 11.1 Å². The predicted octanol–water partition coefficient (Wildman–Crippen LogP) is 2.23. The summed E-state index contributed by atoms with van der Waals surface area (Å²) in [4.78, 5) is 12.1. The number of carbonyl (C=O) groups excluding carboxylic acids is 1. The zero-order valence-corrected chi connectivity index (χ0v) is 12.0. The number of benzene rings is 1. The highest BCUT2D eigenvalue weighted by atomic mass is 16.1. The summed E-state index contributed by atoms with van der Waals surface area (Å²) in [6, 6.07) is 5.68. The first-order valence-electron chi connectivity index (χ1n) is 7.28. The monoisotopic (exact) mass is 270 g/mol. The van der Waals surface area contributed by atoms with Gasteiger partial charge in [0.05, 0.1) is 6.54 Å². The minimum Gasteiger partial charge on any atom is -0.352 e. The van der Waals surface area contributed by atoms with Crippen molar-refractivity contribution in [3.05, 3.63) is 34.9 Å². The van der Waals surface area contributed by atoms with E-state index in [-0.39, 0.29) is 5.91 Å². The van der Waals surface area contributed by atoms with Crippen LogP contribution in [0.5, 0.6) is 0 Å². The fourth-order valence-corrected chi connectivity index (χ4v) is 2.24. The molecule has 20 heavy (non-hydrogen) atoms. The first-order valence-corrected chi connectivity index (χ1v) is 7.28. The van der Waals surface area contributed by atoms with Crippen LogP contribution in [0.4, 0.5) is 0 Å². The molecule has 1 fully saturated rings. The first-order chi connectivity index (χ1) is 9.69. The van der Waals surface area contributed by atoms with Gasteiger partial charge < -0.3 is 11.1 Å². The van der Waals surface area contributed by atoms with Crippen molar-refractivity contribution in [2.75, 3.05) is 13.1 Å². The van der Waals surface area contributed by atoms with E-state index in [0.29, 0.717) is 12.1 Å². The van der Waals surface area contributed by atoms with Crippen molar-refractivity contribution in [1.29, 1.82) is 0 Å². The van der Waals surface area contributed by atoms with Gasteiger partial charge in [0.1, 0.15) is 0 Å². The van der Waals surface area contributed by atoms with E-state index in [0.717, 1.165) is 30.0 Å². The molecule has 3 N–H and O–H groups in total. The lowest BCUT2D eigenvalue weighted by molar-refractivity contribution is 0.0952. The molecule has 0 aromatic heterocycles. The number of rotatable bonds is 5. The molecular formula is C17H22N2O. The lowest BCUT2D eigenvalue weighted by Gasteiger charge is -2.06. The van der Waals surface area contributed by atoms with Gasteiger partial charge in [0.2, 0.25) is 0 Å². The Morgan fingerprint density at radius 3 is 2.90 bits per heavy atom. The Hall–Kier alpha value is -1.79. The number of aryl methyl sites for hydroxylation is 1. The average molecular weight is 270 g/mol. The number of hydrogen-bond acceptors (Lipinski definition) is 2. The van der Waals surface area contributed by atoms with Gasteiger partial charge in [-0.1, -0.05) is 24.7 Å². The molecule has 1 aliphatic rings. The zero-order valence-electron chi connectivity index (χ0n) is 12.0.